The number of esters is 1. The predicted octanol–water partition coefficient (Wildman–Crippen LogP) is 0.793. The Morgan fingerprint density at radius 3 is 2.14 bits per heavy atom. The van der Waals surface area contributed by atoms with Crippen LogP contribution in [0.5, 0.6) is 0 Å². The summed E-state index contributed by atoms with van der Waals surface area (Å²) < 4.78 is 31.7. The molecule has 1 aromatic rings. The van der Waals surface area contributed by atoms with Crippen LogP contribution < -0.4 is 0 Å². The number of sulfonamides is 1. The molecule has 0 saturated carbocycles. The minimum atomic E-state index is -3.53. The Hall–Kier alpha value is -1.97. The molecule has 2 aliphatic heterocycles. The number of hydrogen-bond donors (Lipinski definition) is 0. The van der Waals surface area contributed by atoms with Crippen LogP contribution in [-0.4, -0.2) is 86.8 Å². The van der Waals surface area contributed by atoms with Crippen molar-refractivity contribution in [2.45, 2.75) is 30.7 Å². The van der Waals surface area contributed by atoms with E-state index in [0.717, 1.165) is 0 Å². The van der Waals surface area contributed by atoms with Gasteiger partial charge in [0.15, 0.2) is 0 Å². The fourth-order valence-electron chi connectivity index (χ4n) is 4.00. The summed E-state index contributed by atoms with van der Waals surface area (Å²) in [5.41, 5.74) is 0. The van der Waals surface area contributed by atoms with Crippen LogP contribution in [0.2, 0.25) is 0 Å². The number of carbonyl (C=O) groups is 2. The molecule has 2 saturated heterocycles. The zero-order valence-electron chi connectivity index (χ0n) is 17.0. The van der Waals surface area contributed by atoms with Crippen LogP contribution in [-0.2, 0) is 24.3 Å². The number of likely N-dealkylation sites (tertiary alicyclic amines) is 1. The largest absolute Gasteiger partial charge is 0.469 e. The molecule has 160 valence electrons. The van der Waals surface area contributed by atoms with Gasteiger partial charge in [-0.25, -0.2) is 8.42 Å². The summed E-state index contributed by atoms with van der Waals surface area (Å²) in [6.45, 7) is 4.58. The highest BCUT2D eigenvalue weighted by Gasteiger charge is 2.35. The van der Waals surface area contributed by atoms with Crippen LogP contribution in [0.4, 0.5) is 0 Å². The topological polar surface area (TPSA) is 87.2 Å². The first-order valence-electron chi connectivity index (χ1n) is 10.0. The van der Waals surface area contributed by atoms with Crippen molar-refractivity contribution in [3.63, 3.8) is 0 Å². The van der Waals surface area contributed by atoms with E-state index >= 15 is 0 Å². The first-order chi connectivity index (χ1) is 13.8. The van der Waals surface area contributed by atoms with Crippen molar-refractivity contribution in [2.75, 3.05) is 46.4 Å². The molecule has 0 N–H and O–H groups in total. The Morgan fingerprint density at radius 2 is 1.59 bits per heavy atom. The van der Waals surface area contributed by atoms with E-state index in [1.807, 2.05) is 6.92 Å². The second kappa shape index (κ2) is 9.23. The standard InChI is InChI=1S/C20H29N3O5S/c1-16(21-10-8-17(9-11-21)20(25)28-2)19(24)22-12-14-23(15-13-22)29(26,27)18-6-4-3-5-7-18/h3-7,16-17H,8-15H2,1-2H3. The summed E-state index contributed by atoms with van der Waals surface area (Å²) in [6.07, 6.45) is 1.38. The van der Waals surface area contributed by atoms with Gasteiger partial charge in [-0.3, -0.25) is 14.5 Å². The molecular weight excluding hydrogens is 394 g/mol. The molecule has 1 atom stereocenters. The van der Waals surface area contributed by atoms with Gasteiger partial charge >= 0.3 is 5.97 Å². The van der Waals surface area contributed by atoms with E-state index in [1.165, 1.54) is 11.4 Å². The van der Waals surface area contributed by atoms with Crippen LogP contribution in [0, 0.1) is 5.92 Å². The quantitative estimate of drug-likeness (QED) is 0.651. The Kier molecular flexibility index (Phi) is 6.92. The van der Waals surface area contributed by atoms with Crippen molar-refractivity contribution < 1.29 is 22.7 Å². The van der Waals surface area contributed by atoms with Gasteiger partial charge in [0.1, 0.15) is 0 Å². The number of benzene rings is 1. The SMILES string of the molecule is COC(=O)C1CCN(C(C)C(=O)N2CCN(S(=O)(=O)c3ccccc3)CC2)CC1. The maximum absolute atomic E-state index is 12.9. The molecule has 2 aliphatic rings. The molecule has 9 heteroatoms. The van der Waals surface area contributed by atoms with Gasteiger partial charge in [0.2, 0.25) is 15.9 Å². The summed E-state index contributed by atoms with van der Waals surface area (Å²) in [6, 6.07) is 8.09. The van der Waals surface area contributed by atoms with Gasteiger partial charge in [-0.15, -0.1) is 0 Å². The van der Waals surface area contributed by atoms with Crippen LogP contribution in [0.3, 0.4) is 0 Å². The lowest BCUT2D eigenvalue weighted by Crippen LogP contribution is -2.56. The van der Waals surface area contributed by atoms with Crippen molar-refractivity contribution in [3.8, 4) is 0 Å². The van der Waals surface area contributed by atoms with E-state index in [4.69, 9.17) is 4.74 Å². The van der Waals surface area contributed by atoms with E-state index in [9.17, 15) is 18.0 Å². The van der Waals surface area contributed by atoms with Gasteiger partial charge < -0.3 is 9.64 Å². The third-order valence-electron chi connectivity index (χ3n) is 5.90. The highest BCUT2D eigenvalue weighted by Crippen LogP contribution is 2.22. The van der Waals surface area contributed by atoms with Crippen molar-refractivity contribution >= 4 is 21.9 Å². The molecule has 0 aliphatic carbocycles. The van der Waals surface area contributed by atoms with Crippen molar-refractivity contribution in [1.82, 2.24) is 14.1 Å². The monoisotopic (exact) mass is 423 g/mol. The average Bonchev–Trinajstić information content (AvgIpc) is 2.78. The van der Waals surface area contributed by atoms with Gasteiger partial charge in [-0.2, -0.15) is 4.31 Å². The van der Waals surface area contributed by atoms with Crippen molar-refractivity contribution in [2.24, 2.45) is 5.92 Å². The van der Waals surface area contributed by atoms with Crippen molar-refractivity contribution in [3.05, 3.63) is 30.3 Å². The van der Waals surface area contributed by atoms with E-state index < -0.39 is 10.0 Å². The van der Waals surface area contributed by atoms with E-state index in [1.54, 1.807) is 35.2 Å². The van der Waals surface area contributed by atoms with E-state index in [2.05, 4.69) is 4.90 Å². The minimum absolute atomic E-state index is 0.0123. The maximum atomic E-state index is 12.9. The molecule has 0 spiro atoms. The molecule has 1 amide bonds. The highest BCUT2D eigenvalue weighted by atomic mass is 32.2. The van der Waals surface area contributed by atoms with Gasteiger partial charge in [-0.05, 0) is 45.0 Å². The molecule has 0 radical (unpaired) electrons. The fraction of sp³-hybridized carbons (Fsp3) is 0.600. The van der Waals surface area contributed by atoms with Crippen molar-refractivity contribution in [1.29, 1.82) is 0 Å². The molecule has 2 heterocycles. The molecular formula is C20H29N3O5S. The van der Waals surface area contributed by atoms with Crippen LogP contribution in [0.25, 0.3) is 0 Å². The van der Waals surface area contributed by atoms with Crippen LogP contribution >= 0.6 is 0 Å². The normalized spacial score (nSPS) is 21.0. The third-order valence-corrected chi connectivity index (χ3v) is 7.81. The molecule has 1 aromatic carbocycles. The Morgan fingerprint density at radius 1 is 1.00 bits per heavy atom. The van der Waals surface area contributed by atoms with Crippen LogP contribution in [0.1, 0.15) is 19.8 Å². The second-order valence-electron chi connectivity index (χ2n) is 7.55. The zero-order valence-corrected chi connectivity index (χ0v) is 17.8. The lowest BCUT2D eigenvalue weighted by Gasteiger charge is -2.39. The number of carbonyl (C=O) groups excluding carboxylic acids is 2. The van der Waals surface area contributed by atoms with Crippen LogP contribution in [0.15, 0.2) is 35.2 Å². The Labute approximate surface area is 172 Å². The smallest absolute Gasteiger partial charge is 0.308 e. The molecule has 3 rings (SSSR count). The lowest BCUT2D eigenvalue weighted by atomic mass is 9.96. The van der Waals surface area contributed by atoms with Gasteiger partial charge in [0.25, 0.3) is 0 Å². The summed E-state index contributed by atoms with van der Waals surface area (Å²) in [7, 11) is -2.13. The number of methoxy groups -OCH3 is 1. The average molecular weight is 424 g/mol. The summed E-state index contributed by atoms with van der Waals surface area (Å²) in [4.78, 5) is 28.7. The zero-order chi connectivity index (χ0) is 21.0. The van der Waals surface area contributed by atoms with Gasteiger partial charge in [0.05, 0.1) is 24.0 Å². The molecule has 2 fully saturated rings. The third kappa shape index (κ3) is 4.79. The number of piperazine rings is 1. The number of amides is 1. The summed E-state index contributed by atoms with van der Waals surface area (Å²) >= 11 is 0. The first-order valence-corrected chi connectivity index (χ1v) is 11.4. The Balaban J connectivity index is 1.53. The highest BCUT2D eigenvalue weighted by molar-refractivity contribution is 7.89. The number of ether oxygens (including phenoxy) is 1. The lowest BCUT2D eigenvalue weighted by molar-refractivity contribution is -0.147. The number of hydrogen-bond acceptors (Lipinski definition) is 6. The molecule has 29 heavy (non-hydrogen) atoms. The molecule has 1 unspecified atom stereocenters. The molecule has 8 nitrogen and oxygen atoms in total. The van der Waals surface area contributed by atoms with Gasteiger partial charge in [0, 0.05) is 26.2 Å². The second-order valence-corrected chi connectivity index (χ2v) is 9.49. The summed E-state index contributed by atoms with van der Waals surface area (Å²) in [5.74, 6) is -0.261. The van der Waals surface area contributed by atoms with E-state index in [-0.39, 0.29) is 28.7 Å². The van der Waals surface area contributed by atoms with E-state index in [0.29, 0.717) is 52.1 Å². The number of nitrogens with zero attached hydrogens (tertiary/aromatic N) is 3. The van der Waals surface area contributed by atoms with Gasteiger partial charge in [-0.1, -0.05) is 18.2 Å². The fourth-order valence-corrected chi connectivity index (χ4v) is 5.44. The summed E-state index contributed by atoms with van der Waals surface area (Å²) in [5, 5.41) is 0. The predicted molar refractivity (Wildman–Crippen MR) is 108 cm³/mol. The number of piperidine rings is 1. The molecule has 0 bridgehead atoms. The molecule has 0 aromatic heterocycles. The Bertz CT molecular complexity index is 814. The minimum Gasteiger partial charge on any atom is -0.469 e. The first kappa shape index (κ1) is 21.7. The maximum Gasteiger partial charge on any atom is 0.308 e. The number of rotatable bonds is 5.